The Balaban J connectivity index is 1.80. The molecular weight excluding hydrogens is 273 g/mol. The summed E-state index contributed by atoms with van der Waals surface area (Å²) in [5.41, 5.74) is 5.56. The highest BCUT2D eigenvalue weighted by molar-refractivity contribution is 7.22. The molecule has 100 valence electrons. The van der Waals surface area contributed by atoms with Gasteiger partial charge in [0.05, 0.1) is 15.9 Å². The van der Waals surface area contributed by atoms with E-state index in [0.717, 1.165) is 26.6 Å². The molecule has 0 fully saturated rings. The van der Waals surface area contributed by atoms with Crippen LogP contribution in [-0.4, -0.2) is 10.7 Å². The number of halogens is 1. The minimum atomic E-state index is -0.249. The predicted octanol–water partition coefficient (Wildman–Crippen LogP) is 4.27. The molecular formula is C15H12FN3S. The highest BCUT2D eigenvalue weighted by atomic mass is 32.1. The lowest BCUT2D eigenvalue weighted by Crippen LogP contribution is -1.99. The van der Waals surface area contributed by atoms with Gasteiger partial charge in [0, 0.05) is 0 Å². The number of nitrogens with one attached hydrogen (secondary N) is 1. The maximum absolute atomic E-state index is 12.9. The Morgan fingerprint density at radius 3 is 2.65 bits per heavy atom. The molecule has 1 aromatic heterocycles. The van der Waals surface area contributed by atoms with Gasteiger partial charge in [0.2, 0.25) is 5.13 Å². The molecule has 3 nitrogen and oxygen atoms in total. The van der Waals surface area contributed by atoms with E-state index in [9.17, 15) is 4.39 Å². The van der Waals surface area contributed by atoms with Crippen LogP contribution >= 0.6 is 11.3 Å². The van der Waals surface area contributed by atoms with Crippen LogP contribution in [0.2, 0.25) is 0 Å². The van der Waals surface area contributed by atoms with Gasteiger partial charge in [-0.15, -0.1) is 0 Å². The Kier molecular flexibility index (Phi) is 3.43. The summed E-state index contributed by atoms with van der Waals surface area (Å²) in [5, 5.41) is 5.02. The van der Waals surface area contributed by atoms with Crippen molar-refractivity contribution >= 4 is 32.4 Å². The smallest absolute Gasteiger partial charge is 0.204 e. The average Bonchev–Trinajstić information content (AvgIpc) is 2.88. The number of rotatable bonds is 3. The number of hydrazone groups is 1. The van der Waals surface area contributed by atoms with Gasteiger partial charge < -0.3 is 0 Å². The lowest BCUT2D eigenvalue weighted by molar-refractivity contribution is 0.628. The number of anilines is 1. The summed E-state index contributed by atoms with van der Waals surface area (Å²) >= 11 is 1.55. The third-order valence-electron chi connectivity index (χ3n) is 2.88. The lowest BCUT2D eigenvalue weighted by Gasteiger charge is -2.00. The van der Waals surface area contributed by atoms with Crippen LogP contribution < -0.4 is 5.43 Å². The first-order valence-corrected chi connectivity index (χ1v) is 6.96. The Hall–Kier alpha value is -2.27. The zero-order chi connectivity index (χ0) is 13.9. The van der Waals surface area contributed by atoms with Crippen molar-refractivity contribution in [1.29, 1.82) is 0 Å². The summed E-state index contributed by atoms with van der Waals surface area (Å²) in [6, 6.07) is 14.2. The van der Waals surface area contributed by atoms with Crippen LogP contribution in [0.5, 0.6) is 0 Å². The molecule has 20 heavy (non-hydrogen) atoms. The lowest BCUT2D eigenvalue weighted by atomic mass is 10.1. The first-order chi connectivity index (χ1) is 9.72. The van der Waals surface area contributed by atoms with Crippen molar-refractivity contribution in [2.45, 2.75) is 6.92 Å². The van der Waals surface area contributed by atoms with Gasteiger partial charge in [-0.3, -0.25) is 5.43 Å². The molecule has 3 aromatic rings. The third-order valence-corrected chi connectivity index (χ3v) is 3.82. The number of thiazole rings is 1. The molecule has 0 unspecified atom stereocenters. The molecule has 2 aromatic carbocycles. The number of para-hydroxylation sites is 1. The second-order valence-electron chi connectivity index (χ2n) is 4.30. The van der Waals surface area contributed by atoms with E-state index in [1.165, 1.54) is 12.1 Å². The average molecular weight is 285 g/mol. The number of hydrogen-bond acceptors (Lipinski definition) is 4. The van der Waals surface area contributed by atoms with Crippen LogP contribution in [0.3, 0.4) is 0 Å². The standard InChI is InChI=1S/C15H12FN3S/c1-10(11-6-8-12(16)9-7-11)18-19-15-17-13-4-2-3-5-14(13)20-15/h2-9H,1H3,(H,17,19)/b18-10+. The first-order valence-electron chi connectivity index (χ1n) is 6.14. The molecule has 0 radical (unpaired) electrons. The molecule has 1 N–H and O–H groups in total. The van der Waals surface area contributed by atoms with E-state index in [1.54, 1.807) is 23.5 Å². The topological polar surface area (TPSA) is 37.3 Å². The van der Waals surface area contributed by atoms with Crippen molar-refractivity contribution < 1.29 is 4.39 Å². The molecule has 5 heteroatoms. The van der Waals surface area contributed by atoms with Crippen molar-refractivity contribution in [2.75, 3.05) is 5.43 Å². The molecule has 0 saturated heterocycles. The fourth-order valence-electron chi connectivity index (χ4n) is 1.81. The fraction of sp³-hybridized carbons (Fsp3) is 0.0667. The van der Waals surface area contributed by atoms with Crippen molar-refractivity contribution in [3.8, 4) is 0 Å². The zero-order valence-electron chi connectivity index (χ0n) is 10.8. The normalized spacial score (nSPS) is 11.8. The van der Waals surface area contributed by atoms with Gasteiger partial charge in [0.15, 0.2) is 0 Å². The van der Waals surface area contributed by atoms with E-state index in [-0.39, 0.29) is 5.82 Å². The second-order valence-corrected chi connectivity index (χ2v) is 5.33. The van der Waals surface area contributed by atoms with Crippen LogP contribution in [0.4, 0.5) is 9.52 Å². The Morgan fingerprint density at radius 2 is 1.90 bits per heavy atom. The monoisotopic (exact) mass is 285 g/mol. The maximum atomic E-state index is 12.9. The largest absolute Gasteiger partial charge is 0.252 e. The molecule has 0 aliphatic carbocycles. The maximum Gasteiger partial charge on any atom is 0.204 e. The number of nitrogens with zero attached hydrogens (tertiary/aromatic N) is 2. The molecule has 0 aliphatic rings. The molecule has 0 spiro atoms. The van der Waals surface area contributed by atoms with Gasteiger partial charge in [-0.2, -0.15) is 5.10 Å². The molecule has 3 rings (SSSR count). The van der Waals surface area contributed by atoms with E-state index < -0.39 is 0 Å². The summed E-state index contributed by atoms with van der Waals surface area (Å²) in [6.45, 7) is 1.87. The summed E-state index contributed by atoms with van der Waals surface area (Å²) < 4.78 is 14.0. The molecule has 0 saturated carbocycles. The van der Waals surface area contributed by atoms with E-state index >= 15 is 0 Å². The van der Waals surface area contributed by atoms with Crippen molar-refractivity contribution in [3.63, 3.8) is 0 Å². The van der Waals surface area contributed by atoms with Gasteiger partial charge in [0.1, 0.15) is 5.82 Å². The Bertz CT molecular complexity index is 729. The minimum absolute atomic E-state index is 0.249. The van der Waals surface area contributed by atoms with Crippen LogP contribution in [-0.2, 0) is 0 Å². The molecule has 0 amide bonds. The Morgan fingerprint density at radius 1 is 1.15 bits per heavy atom. The highest BCUT2D eigenvalue weighted by Crippen LogP contribution is 2.25. The summed E-state index contributed by atoms with van der Waals surface area (Å²) in [6.07, 6.45) is 0. The van der Waals surface area contributed by atoms with Crippen molar-refractivity contribution in [2.24, 2.45) is 5.10 Å². The molecule has 0 bridgehead atoms. The van der Waals surface area contributed by atoms with E-state index in [0.29, 0.717) is 0 Å². The Labute approximate surface area is 119 Å². The molecule has 1 heterocycles. The van der Waals surface area contributed by atoms with Gasteiger partial charge in [-0.05, 0) is 36.8 Å². The third kappa shape index (κ3) is 2.67. The molecule has 0 atom stereocenters. The van der Waals surface area contributed by atoms with Crippen molar-refractivity contribution in [1.82, 2.24) is 4.98 Å². The van der Waals surface area contributed by atoms with Crippen LogP contribution in [0.15, 0.2) is 53.6 Å². The second kappa shape index (κ2) is 5.38. The highest BCUT2D eigenvalue weighted by Gasteiger charge is 2.02. The van der Waals surface area contributed by atoms with Gasteiger partial charge in [-0.25, -0.2) is 9.37 Å². The zero-order valence-corrected chi connectivity index (χ0v) is 11.6. The molecule has 0 aliphatic heterocycles. The summed E-state index contributed by atoms with van der Waals surface area (Å²) in [7, 11) is 0. The summed E-state index contributed by atoms with van der Waals surface area (Å²) in [4.78, 5) is 4.43. The summed E-state index contributed by atoms with van der Waals surface area (Å²) in [5.74, 6) is -0.249. The van der Waals surface area contributed by atoms with Crippen LogP contribution in [0, 0.1) is 5.82 Å². The van der Waals surface area contributed by atoms with E-state index in [4.69, 9.17) is 0 Å². The van der Waals surface area contributed by atoms with Gasteiger partial charge in [-0.1, -0.05) is 35.6 Å². The van der Waals surface area contributed by atoms with E-state index in [1.807, 2.05) is 31.2 Å². The number of hydrogen-bond donors (Lipinski definition) is 1. The van der Waals surface area contributed by atoms with Gasteiger partial charge >= 0.3 is 0 Å². The van der Waals surface area contributed by atoms with Crippen molar-refractivity contribution in [3.05, 3.63) is 59.9 Å². The van der Waals surface area contributed by atoms with Crippen LogP contribution in [0.25, 0.3) is 10.2 Å². The van der Waals surface area contributed by atoms with Crippen LogP contribution in [0.1, 0.15) is 12.5 Å². The fourth-order valence-corrected chi connectivity index (χ4v) is 2.62. The first kappa shape index (κ1) is 12.7. The predicted molar refractivity (Wildman–Crippen MR) is 81.9 cm³/mol. The number of aromatic nitrogens is 1. The minimum Gasteiger partial charge on any atom is -0.252 e. The van der Waals surface area contributed by atoms with E-state index in [2.05, 4.69) is 15.5 Å². The number of benzene rings is 2. The van der Waals surface area contributed by atoms with Gasteiger partial charge in [0.25, 0.3) is 0 Å². The number of fused-ring (bicyclic) bond motifs is 1. The SMILES string of the molecule is C/C(=N\Nc1nc2ccccc2s1)c1ccc(F)cc1. The quantitative estimate of drug-likeness (QED) is 0.576.